The van der Waals surface area contributed by atoms with Crippen molar-refractivity contribution in [2.24, 2.45) is 0 Å². The van der Waals surface area contributed by atoms with Gasteiger partial charge in [0.15, 0.2) is 11.5 Å². The molecular weight excluding hydrogens is 408 g/mol. The highest BCUT2D eigenvalue weighted by Crippen LogP contribution is 2.34. The Hall–Kier alpha value is -3.87. The van der Waals surface area contributed by atoms with Crippen molar-refractivity contribution in [1.82, 2.24) is 9.97 Å². The van der Waals surface area contributed by atoms with Gasteiger partial charge in [-0.05, 0) is 46.5 Å². The highest BCUT2D eigenvalue weighted by molar-refractivity contribution is 6.13. The van der Waals surface area contributed by atoms with Crippen molar-refractivity contribution in [1.29, 1.82) is 0 Å². The Morgan fingerprint density at radius 1 is 0.774 bits per heavy atom. The molecule has 0 fully saturated rings. The summed E-state index contributed by atoms with van der Waals surface area (Å²) in [6.45, 7) is 0. The fraction of sp³-hybridized carbons (Fsp3) is 0.0417. The summed E-state index contributed by atoms with van der Waals surface area (Å²) >= 11 is 0. The minimum atomic E-state index is -4.81. The SMILES string of the molecule is O=C(c1ccc(-c2ccccc2)cc1-c1ccc(F)cc1)c1cncnc1C(F)(F)F. The maximum Gasteiger partial charge on any atom is 0.434 e. The quantitative estimate of drug-likeness (QED) is 0.291. The average Bonchev–Trinajstić information content (AvgIpc) is 2.79. The van der Waals surface area contributed by atoms with Crippen LogP contribution in [-0.2, 0) is 6.18 Å². The predicted molar refractivity (Wildman–Crippen MR) is 108 cm³/mol. The Morgan fingerprint density at radius 3 is 2.13 bits per heavy atom. The molecule has 4 rings (SSSR count). The number of ketones is 1. The highest BCUT2D eigenvalue weighted by Gasteiger charge is 2.37. The van der Waals surface area contributed by atoms with Gasteiger partial charge in [-0.2, -0.15) is 13.2 Å². The van der Waals surface area contributed by atoms with Crippen LogP contribution in [0.5, 0.6) is 0 Å². The number of nitrogens with zero attached hydrogens (tertiary/aromatic N) is 2. The Bertz CT molecular complexity index is 1240. The molecular formula is C24H14F4N2O. The van der Waals surface area contributed by atoms with Crippen molar-refractivity contribution >= 4 is 5.78 Å². The number of hydrogen-bond donors (Lipinski definition) is 0. The van der Waals surface area contributed by atoms with E-state index in [4.69, 9.17) is 0 Å². The minimum Gasteiger partial charge on any atom is -0.288 e. The summed E-state index contributed by atoms with van der Waals surface area (Å²) < 4.78 is 53.6. The monoisotopic (exact) mass is 422 g/mol. The van der Waals surface area contributed by atoms with E-state index >= 15 is 0 Å². The van der Waals surface area contributed by atoms with Crippen molar-refractivity contribution in [2.45, 2.75) is 6.18 Å². The van der Waals surface area contributed by atoms with Crippen molar-refractivity contribution < 1.29 is 22.4 Å². The maximum atomic E-state index is 13.4. The molecule has 0 saturated carbocycles. The molecule has 154 valence electrons. The van der Waals surface area contributed by atoms with Crippen LogP contribution in [0.3, 0.4) is 0 Å². The fourth-order valence-corrected chi connectivity index (χ4v) is 3.29. The number of alkyl halides is 3. The molecule has 0 saturated heterocycles. The van der Waals surface area contributed by atoms with Crippen molar-refractivity contribution in [3.63, 3.8) is 0 Å². The van der Waals surface area contributed by atoms with E-state index in [2.05, 4.69) is 9.97 Å². The molecule has 0 spiro atoms. The van der Waals surface area contributed by atoms with E-state index in [1.165, 1.54) is 30.3 Å². The van der Waals surface area contributed by atoms with Gasteiger partial charge in [0.1, 0.15) is 12.1 Å². The number of rotatable bonds is 4. The molecule has 0 unspecified atom stereocenters. The van der Waals surface area contributed by atoms with Crippen molar-refractivity contribution in [2.75, 3.05) is 0 Å². The van der Waals surface area contributed by atoms with Crippen LogP contribution in [0.4, 0.5) is 17.6 Å². The second-order valence-corrected chi connectivity index (χ2v) is 6.75. The largest absolute Gasteiger partial charge is 0.434 e. The van der Waals surface area contributed by atoms with Gasteiger partial charge in [0.2, 0.25) is 0 Å². The lowest BCUT2D eigenvalue weighted by atomic mass is 9.90. The Labute approximate surface area is 175 Å². The van der Waals surface area contributed by atoms with E-state index in [1.807, 2.05) is 30.3 Å². The first-order chi connectivity index (χ1) is 14.8. The number of aromatic nitrogens is 2. The molecule has 0 amide bonds. The van der Waals surface area contributed by atoms with Gasteiger partial charge in [-0.15, -0.1) is 0 Å². The summed E-state index contributed by atoms with van der Waals surface area (Å²) in [5, 5.41) is 0. The molecule has 7 heteroatoms. The van der Waals surface area contributed by atoms with E-state index in [-0.39, 0.29) is 5.56 Å². The van der Waals surface area contributed by atoms with E-state index in [0.717, 1.165) is 23.7 Å². The lowest BCUT2D eigenvalue weighted by Crippen LogP contribution is -2.17. The van der Waals surface area contributed by atoms with Gasteiger partial charge in [0.25, 0.3) is 0 Å². The summed E-state index contributed by atoms with van der Waals surface area (Å²) in [6.07, 6.45) is -3.20. The molecule has 0 atom stereocenters. The zero-order valence-corrected chi connectivity index (χ0v) is 15.9. The highest BCUT2D eigenvalue weighted by atomic mass is 19.4. The molecule has 31 heavy (non-hydrogen) atoms. The summed E-state index contributed by atoms with van der Waals surface area (Å²) in [5.41, 5.74) is 0.582. The molecule has 1 heterocycles. The first-order valence-corrected chi connectivity index (χ1v) is 9.22. The molecule has 1 aromatic heterocycles. The van der Waals surface area contributed by atoms with Crippen LogP contribution in [0.15, 0.2) is 85.3 Å². The van der Waals surface area contributed by atoms with E-state index in [9.17, 15) is 22.4 Å². The van der Waals surface area contributed by atoms with Gasteiger partial charge in [-0.25, -0.2) is 14.4 Å². The first kappa shape index (κ1) is 20.4. The van der Waals surface area contributed by atoms with Gasteiger partial charge < -0.3 is 0 Å². The summed E-state index contributed by atoms with van der Waals surface area (Å²) in [4.78, 5) is 20.0. The topological polar surface area (TPSA) is 42.9 Å². The third-order valence-corrected chi connectivity index (χ3v) is 4.75. The van der Waals surface area contributed by atoms with Gasteiger partial charge >= 0.3 is 6.18 Å². The third kappa shape index (κ3) is 4.21. The molecule has 0 radical (unpaired) electrons. The van der Waals surface area contributed by atoms with Gasteiger partial charge in [-0.1, -0.05) is 48.5 Å². The molecule has 0 aliphatic heterocycles. The standard InChI is InChI=1S/C24H14F4N2O/c25-18-9-6-16(7-10-18)20-12-17(15-4-2-1-3-5-15)8-11-19(20)22(31)21-13-29-14-30-23(21)24(26,27)28/h1-14H. The number of halogens is 4. The van der Waals surface area contributed by atoms with Gasteiger partial charge in [-0.3, -0.25) is 4.79 Å². The maximum absolute atomic E-state index is 13.4. The van der Waals surface area contributed by atoms with Crippen LogP contribution in [0.1, 0.15) is 21.6 Å². The fourth-order valence-electron chi connectivity index (χ4n) is 3.29. The Balaban J connectivity index is 1.90. The number of carbonyl (C=O) groups is 1. The molecule has 3 aromatic carbocycles. The smallest absolute Gasteiger partial charge is 0.288 e. The molecule has 4 aromatic rings. The normalized spacial score (nSPS) is 11.4. The van der Waals surface area contributed by atoms with E-state index in [1.54, 1.807) is 12.1 Å². The van der Waals surface area contributed by atoms with Crippen LogP contribution in [0.2, 0.25) is 0 Å². The second-order valence-electron chi connectivity index (χ2n) is 6.75. The van der Waals surface area contributed by atoms with Crippen LogP contribution in [0.25, 0.3) is 22.3 Å². The first-order valence-electron chi connectivity index (χ1n) is 9.22. The van der Waals surface area contributed by atoms with Crippen LogP contribution >= 0.6 is 0 Å². The average molecular weight is 422 g/mol. The molecule has 0 aliphatic carbocycles. The summed E-state index contributed by atoms with van der Waals surface area (Å²) in [6, 6.07) is 19.5. The number of carbonyl (C=O) groups excluding carboxylic acids is 1. The molecule has 0 bridgehead atoms. The second kappa shape index (κ2) is 8.10. The Morgan fingerprint density at radius 2 is 1.45 bits per heavy atom. The van der Waals surface area contributed by atoms with E-state index in [0.29, 0.717) is 11.1 Å². The van der Waals surface area contributed by atoms with E-state index < -0.39 is 29.0 Å². The molecule has 0 N–H and O–H groups in total. The molecule has 0 aliphatic rings. The molecule has 3 nitrogen and oxygen atoms in total. The zero-order valence-electron chi connectivity index (χ0n) is 15.9. The summed E-state index contributed by atoms with van der Waals surface area (Å²) in [5.74, 6) is -1.33. The van der Waals surface area contributed by atoms with Gasteiger partial charge in [0.05, 0.1) is 5.56 Å². The van der Waals surface area contributed by atoms with Crippen molar-refractivity contribution in [3.05, 3.63) is 108 Å². The van der Waals surface area contributed by atoms with Gasteiger partial charge in [0, 0.05) is 11.8 Å². The lowest BCUT2D eigenvalue weighted by Gasteiger charge is -2.14. The Kier molecular flexibility index (Phi) is 5.33. The van der Waals surface area contributed by atoms with Crippen LogP contribution in [-0.4, -0.2) is 15.8 Å². The van der Waals surface area contributed by atoms with Crippen LogP contribution in [0, 0.1) is 5.82 Å². The van der Waals surface area contributed by atoms with Crippen LogP contribution < -0.4 is 0 Å². The third-order valence-electron chi connectivity index (χ3n) is 4.75. The number of benzene rings is 3. The number of hydrogen-bond acceptors (Lipinski definition) is 3. The summed E-state index contributed by atoms with van der Waals surface area (Å²) in [7, 11) is 0. The predicted octanol–water partition coefficient (Wildman–Crippen LogP) is 6.20. The lowest BCUT2D eigenvalue weighted by molar-refractivity contribution is -0.141. The minimum absolute atomic E-state index is 0.0339. The zero-order chi connectivity index (χ0) is 22.0. The van der Waals surface area contributed by atoms with Crippen molar-refractivity contribution in [3.8, 4) is 22.3 Å².